The van der Waals surface area contributed by atoms with Crippen LogP contribution in [0.4, 0.5) is 20.2 Å². The van der Waals surface area contributed by atoms with Gasteiger partial charge in [-0.05, 0) is 84.6 Å². The molecule has 2 aromatic heterocycles. The Morgan fingerprint density at radius 1 is 0.507 bits per heavy atom. The number of ether oxygens (including phenoxy) is 6. The van der Waals surface area contributed by atoms with Gasteiger partial charge in [0.15, 0.2) is 34.6 Å². The van der Waals surface area contributed by atoms with Crippen LogP contribution in [0.1, 0.15) is 12.8 Å². The second-order valence-electron chi connectivity index (χ2n) is 14.9. The van der Waals surface area contributed by atoms with Crippen LogP contribution in [0.2, 0.25) is 0 Å². The molecule has 1 aliphatic rings. The van der Waals surface area contributed by atoms with E-state index in [0.29, 0.717) is 69.1 Å². The highest BCUT2D eigenvalue weighted by atomic mass is 32.2. The minimum Gasteiger partial charge on any atom is -0.493 e. The second-order valence-corrected chi connectivity index (χ2v) is 18.5. The summed E-state index contributed by atoms with van der Waals surface area (Å²) in [6.07, 6.45) is 4.33. The zero-order valence-corrected chi connectivity index (χ0v) is 38.0. The molecule has 67 heavy (non-hydrogen) atoms. The van der Waals surface area contributed by atoms with Crippen molar-refractivity contribution in [2.24, 2.45) is 0 Å². The molecule has 0 atom stereocenters. The molecule has 0 amide bonds. The van der Waals surface area contributed by atoms with Crippen molar-refractivity contribution < 1.29 is 54.0 Å². The molecule has 0 unspecified atom stereocenters. The third kappa shape index (κ3) is 10.4. The van der Waals surface area contributed by atoms with Crippen LogP contribution in [0.25, 0.3) is 32.9 Å². The Hall–Kier alpha value is -7.70. The summed E-state index contributed by atoms with van der Waals surface area (Å²) in [7, 11) is -1.48. The monoisotopic (exact) mass is 948 g/mol. The lowest BCUT2D eigenvalue weighted by Crippen LogP contribution is -2.18. The highest BCUT2D eigenvalue weighted by Gasteiger charge is 2.36. The first kappa shape index (κ1) is 45.9. The van der Waals surface area contributed by atoms with E-state index in [9.17, 15) is 21.2 Å². The van der Waals surface area contributed by atoms with Gasteiger partial charge in [0.1, 0.15) is 23.0 Å². The quantitative estimate of drug-likeness (QED) is 0.0997. The molecule has 9 rings (SSSR count). The van der Waals surface area contributed by atoms with Gasteiger partial charge >= 0.3 is 0 Å². The van der Waals surface area contributed by atoms with Crippen LogP contribution in [0.15, 0.2) is 145 Å². The predicted molar refractivity (Wildman–Crippen MR) is 251 cm³/mol. The Morgan fingerprint density at radius 2 is 0.985 bits per heavy atom. The van der Waals surface area contributed by atoms with E-state index in [-0.39, 0.29) is 27.8 Å². The number of sulfonamides is 2. The van der Waals surface area contributed by atoms with Crippen LogP contribution in [0, 0.1) is 11.6 Å². The number of halogens is 2. The maximum atomic E-state index is 15.0. The summed E-state index contributed by atoms with van der Waals surface area (Å²) in [5.74, 6) is 1.80. The van der Waals surface area contributed by atoms with Gasteiger partial charge in [0.2, 0.25) is 10.0 Å². The van der Waals surface area contributed by atoms with Crippen molar-refractivity contribution in [2.45, 2.75) is 23.0 Å². The fourth-order valence-electron chi connectivity index (χ4n) is 6.90. The number of hydrogen-bond acceptors (Lipinski definition) is 12. The summed E-state index contributed by atoms with van der Waals surface area (Å²) in [6, 6.07) is 33.9. The number of benzene rings is 6. The summed E-state index contributed by atoms with van der Waals surface area (Å²) in [4.78, 5) is 8.64. The minimum atomic E-state index is -4.05. The van der Waals surface area contributed by atoms with Gasteiger partial charge in [-0.1, -0.05) is 42.5 Å². The van der Waals surface area contributed by atoms with E-state index in [4.69, 9.17) is 28.4 Å². The highest BCUT2D eigenvalue weighted by molar-refractivity contribution is 7.93. The molecule has 18 heteroatoms. The van der Waals surface area contributed by atoms with E-state index in [1.807, 2.05) is 36.4 Å². The van der Waals surface area contributed by atoms with E-state index >= 15 is 4.39 Å². The zero-order valence-electron chi connectivity index (χ0n) is 36.3. The summed E-state index contributed by atoms with van der Waals surface area (Å²) < 4.78 is 117. The third-order valence-electron chi connectivity index (χ3n) is 10.5. The molecule has 6 aromatic carbocycles. The molecular formula is C49H42F2N4O10S2. The predicted octanol–water partition coefficient (Wildman–Crippen LogP) is 10.7. The lowest BCUT2D eigenvalue weighted by atomic mass is 10.1. The van der Waals surface area contributed by atoms with E-state index in [1.165, 1.54) is 58.8 Å². The van der Waals surface area contributed by atoms with Crippen molar-refractivity contribution >= 4 is 53.2 Å². The van der Waals surface area contributed by atoms with Crippen LogP contribution in [-0.2, 0) is 20.0 Å². The largest absolute Gasteiger partial charge is 0.493 e. The number of nitrogens with one attached hydrogen (secondary N) is 2. The molecule has 2 heterocycles. The molecule has 0 aliphatic heterocycles. The van der Waals surface area contributed by atoms with E-state index in [2.05, 4.69) is 19.4 Å². The molecule has 2 N–H and O–H groups in total. The number of hydrogen-bond donors (Lipinski definition) is 2. The highest BCUT2D eigenvalue weighted by Crippen LogP contribution is 2.40. The standard InChI is InChI=1S/C29H23FN2O5S.C20H19FN2O5S/c1-35-28-17-23-26(18-29(28)36-2)31-14-13-27(23)37-21-11-12-25(24(30)16-21)32-38(33,34)22-10-6-9-20(15-22)19-7-4-3-5-8-19;1-26-19-10-14-17(11-20(19)27-2)22-8-7-18(14)28-12-3-6-16(15(21)9-12)23-29(24,25)13-4-5-13/h3-18,32H,1-2H3;3,6-11,13,23H,4-5H2,1-2H3. The second kappa shape index (κ2) is 19.4. The Kier molecular flexibility index (Phi) is 13.3. The fraction of sp³-hybridized carbons (Fsp3) is 0.143. The van der Waals surface area contributed by atoms with Gasteiger partial charge in [-0.2, -0.15) is 0 Å². The molecule has 0 radical (unpaired) electrons. The first-order valence-corrected chi connectivity index (χ1v) is 23.5. The average Bonchev–Trinajstić information content (AvgIpc) is 4.20. The Morgan fingerprint density at radius 3 is 1.46 bits per heavy atom. The number of rotatable bonds is 15. The molecule has 0 saturated heterocycles. The maximum absolute atomic E-state index is 15.0. The molecular weight excluding hydrogens is 907 g/mol. The van der Waals surface area contributed by atoms with Crippen molar-refractivity contribution in [3.8, 4) is 57.1 Å². The summed E-state index contributed by atoms with van der Waals surface area (Å²) in [6.45, 7) is 0. The molecule has 0 bridgehead atoms. The minimum absolute atomic E-state index is 0.0196. The average molecular weight is 949 g/mol. The molecule has 0 spiro atoms. The van der Waals surface area contributed by atoms with Gasteiger partial charge in [-0.25, -0.2) is 25.6 Å². The van der Waals surface area contributed by atoms with Crippen molar-refractivity contribution in [3.05, 3.63) is 151 Å². The lowest BCUT2D eigenvalue weighted by Gasteiger charge is -2.14. The summed E-state index contributed by atoms with van der Waals surface area (Å²) >= 11 is 0. The van der Waals surface area contributed by atoms with Gasteiger partial charge < -0.3 is 28.4 Å². The fourth-order valence-corrected chi connectivity index (χ4v) is 9.41. The molecule has 344 valence electrons. The van der Waals surface area contributed by atoms with Crippen LogP contribution in [0.3, 0.4) is 0 Å². The van der Waals surface area contributed by atoms with Gasteiger partial charge in [0, 0.05) is 47.4 Å². The van der Waals surface area contributed by atoms with Crippen LogP contribution >= 0.6 is 0 Å². The summed E-state index contributed by atoms with van der Waals surface area (Å²) in [5.41, 5.74) is 2.52. The topological polar surface area (TPSA) is 174 Å². The van der Waals surface area contributed by atoms with Crippen molar-refractivity contribution in [2.75, 3.05) is 37.9 Å². The smallest absolute Gasteiger partial charge is 0.262 e. The molecule has 1 saturated carbocycles. The van der Waals surface area contributed by atoms with E-state index < -0.39 is 36.9 Å². The van der Waals surface area contributed by atoms with Crippen molar-refractivity contribution in [3.63, 3.8) is 0 Å². The molecule has 1 aliphatic carbocycles. The zero-order chi connectivity index (χ0) is 47.3. The third-order valence-corrected chi connectivity index (χ3v) is 13.7. The van der Waals surface area contributed by atoms with E-state index in [0.717, 1.165) is 23.3 Å². The first-order chi connectivity index (χ1) is 32.3. The first-order valence-electron chi connectivity index (χ1n) is 20.5. The normalized spacial score (nSPS) is 12.4. The Balaban J connectivity index is 0.000000188. The molecule has 8 aromatic rings. The summed E-state index contributed by atoms with van der Waals surface area (Å²) in [5, 5.41) is 0.852. The number of aromatic nitrogens is 2. The number of pyridine rings is 2. The SMILES string of the molecule is COc1cc2nccc(Oc3ccc(NS(=O)(=O)C4CC4)c(F)c3)c2cc1OC.COc1cc2nccc(Oc3ccc(NS(=O)(=O)c4cccc(-c5ccccc5)c4)c(F)c3)c2cc1OC. The molecule has 14 nitrogen and oxygen atoms in total. The number of anilines is 2. The van der Waals surface area contributed by atoms with Gasteiger partial charge in [-0.3, -0.25) is 19.4 Å². The van der Waals surface area contributed by atoms with Crippen LogP contribution in [-0.4, -0.2) is 60.5 Å². The number of fused-ring (bicyclic) bond motifs is 2. The van der Waals surface area contributed by atoms with Crippen molar-refractivity contribution in [1.29, 1.82) is 0 Å². The van der Waals surface area contributed by atoms with Gasteiger partial charge in [-0.15, -0.1) is 0 Å². The van der Waals surface area contributed by atoms with Crippen molar-refractivity contribution in [1.82, 2.24) is 9.97 Å². The Bertz CT molecular complexity index is 3340. The molecule has 1 fully saturated rings. The van der Waals surface area contributed by atoms with Crippen LogP contribution < -0.4 is 37.9 Å². The van der Waals surface area contributed by atoms with Gasteiger partial charge in [0.05, 0.1) is 61.0 Å². The lowest BCUT2D eigenvalue weighted by molar-refractivity contribution is 0.355. The number of methoxy groups -OCH3 is 4. The Labute approximate surface area is 385 Å². The number of nitrogens with zero attached hydrogens (tertiary/aromatic N) is 2. The van der Waals surface area contributed by atoms with E-state index in [1.54, 1.807) is 60.9 Å². The van der Waals surface area contributed by atoms with Crippen LogP contribution in [0.5, 0.6) is 46.0 Å². The van der Waals surface area contributed by atoms with Gasteiger partial charge in [0.25, 0.3) is 10.0 Å². The maximum Gasteiger partial charge on any atom is 0.262 e.